The lowest BCUT2D eigenvalue weighted by Crippen LogP contribution is -2.38. The fourth-order valence-corrected chi connectivity index (χ4v) is 3.39. The van der Waals surface area contributed by atoms with Gasteiger partial charge in [-0.2, -0.15) is 0 Å². The molecule has 1 aromatic rings. The van der Waals surface area contributed by atoms with Crippen LogP contribution in [0.3, 0.4) is 0 Å². The quantitative estimate of drug-likeness (QED) is 0.811. The molecule has 2 nitrogen and oxygen atoms in total. The largest absolute Gasteiger partial charge is 0.339 e. The number of hydrogen-bond donors (Lipinski definition) is 0. The van der Waals surface area contributed by atoms with Gasteiger partial charge in [0.15, 0.2) is 0 Å². The average Bonchev–Trinajstić information content (AvgIpc) is 2.75. The van der Waals surface area contributed by atoms with Gasteiger partial charge in [-0.05, 0) is 34.8 Å². The average molecular weight is 302 g/mol. The standard InChI is InChI=1S/C12H16BrNOS/c1-14(10-5-3-2-4-6-10)12(15)9-7-11(13)16-8-9/h7-8,10H,2-6H2,1H3. The maximum Gasteiger partial charge on any atom is 0.254 e. The number of carbonyl (C=O) groups excluding carboxylic acids is 1. The van der Waals surface area contributed by atoms with Gasteiger partial charge in [0.1, 0.15) is 0 Å². The molecule has 4 heteroatoms. The van der Waals surface area contributed by atoms with E-state index in [0.29, 0.717) is 6.04 Å². The van der Waals surface area contributed by atoms with Crippen molar-refractivity contribution in [1.29, 1.82) is 0 Å². The van der Waals surface area contributed by atoms with Crippen molar-refractivity contribution in [3.05, 3.63) is 20.8 Å². The first-order chi connectivity index (χ1) is 7.68. The first-order valence-electron chi connectivity index (χ1n) is 5.69. The summed E-state index contributed by atoms with van der Waals surface area (Å²) in [4.78, 5) is 14.1. The molecule has 0 unspecified atom stereocenters. The topological polar surface area (TPSA) is 20.3 Å². The number of amides is 1. The highest BCUT2D eigenvalue weighted by molar-refractivity contribution is 9.11. The fourth-order valence-electron chi connectivity index (χ4n) is 2.26. The molecule has 1 fully saturated rings. The minimum Gasteiger partial charge on any atom is -0.339 e. The molecule has 1 aliphatic rings. The van der Waals surface area contributed by atoms with Crippen LogP contribution in [0.25, 0.3) is 0 Å². The van der Waals surface area contributed by atoms with Gasteiger partial charge >= 0.3 is 0 Å². The zero-order valence-electron chi connectivity index (χ0n) is 9.41. The van der Waals surface area contributed by atoms with Crippen molar-refractivity contribution in [2.75, 3.05) is 7.05 Å². The van der Waals surface area contributed by atoms with Crippen LogP contribution in [0.15, 0.2) is 15.2 Å². The van der Waals surface area contributed by atoms with Crippen LogP contribution in [0.4, 0.5) is 0 Å². The molecule has 16 heavy (non-hydrogen) atoms. The van der Waals surface area contributed by atoms with Crippen molar-refractivity contribution < 1.29 is 4.79 Å². The molecule has 0 bridgehead atoms. The second-order valence-electron chi connectivity index (χ2n) is 4.35. The maximum atomic E-state index is 12.2. The van der Waals surface area contributed by atoms with Gasteiger partial charge in [-0.15, -0.1) is 11.3 Å². The molecular weight excluding hydrogens is 286 g/mol. The van der Waals surface area contributed by atoms with Crippen LogP contribution in [-0.4, -0.2) is 23.9 Å². The van der Waals surface area contributed by atoms with Crippen LogP contribution in [0.1, 0.15) is 42.5 Å². The van der Waals surface area contributed by atoms with E-state index in [1.807, 2.05) is 23.4 Å². The molecule has 88 valence electrons. The van der Waals surface area contributed by atoms with Gasteiger partial charge < -0.3 is 4.90 Å². The van der Waals surface area contributed by atoms with E-state index in [0.717, 1.165) is 22.2 Å². The Balaban J connectivity index is 2.03. The van der Waals surface area contributed by atoms with E-state index in [-0.39, 0.29) is 5.91 Å². The zero-order valence-corrected chi connectivity index (χ0v) is 11.8. The highest BCUT2D eigenvalue weighted by Crippen LogP contribution is 2.25. The monoisotopic (exact) mass is 301 g/mol. The molecule has 0 radical (unpaired) electrons. The Labute approximate surface area is 109 Å². The predicted molar refractivity (Wildman–Crippen MR) is 71.0 cm³/mol. The van der Waals surface area contributed by atoms with Gasteiger partial charge in [0, 0.05) is 18.5 Å². The molecule has 1 saturated carbocycles. The smallest absolute Gasteiger partial charge is 0.254 e. The second-order valence-corrected chi connectivity index (χ2v) is 6.64. The van der Waals surface area contributed by atoms with Crippen molar-refractivity contribution in [1.82, 2.24) is 4.90 Å². The van der Waals surface area contributed by atoms with Crippen LogP contribution in [0, 0.1) is 0 Å². The molecule has 1 heterocycles. The number of hydrogen-bond acceptors (Lipinski definition) is 2. The van der Waals surface area contributed by atoms with E-state index in [4.69, 9.17) is 0 Å². The number of halogens is 1. The minimum absolute atomic E-state index is 0.161. The normalized spacial score (nSPS) is 17.4. The van der Waals surface area contributed by atoms with Crippen LogP contribution in [-0.2, 0) is 0 Å². The number of carbonyl (C=O) groups is 1. The molecule has 0 aliphatic heterocycles. The summed E-state index contributed by atoms with van der Waals surface area (Å²) in [6.07, 6.45) is 6.16. The maximum absolute atomic E-state index is 12.2. The number of thiophene rings is 1. The predicted octanol–water partition coefficient (Wildman–Crippen LogP) is 3.92. The number of nitrogens with zero attached hydrogens (tertiary/aromatic N) is 1. The second kappa shape index (κ2) is 5.32. The molecular formula is C12H16BrNOS. The summed E-state index contributed by atoms with van der Waals surface area (Å²) in [5.41, 5.74) is 0.810. The minimum atomic E-state index is 0.161. The van der Waals surface area contributed by atoms with Crippen molar-refractivity contribution in [2.24, 2.45) is 0 Å². The first kappa shape index (κ1) is 12.1. The molecule has 0 N–H and O–H groups in total. The highest BCUT2D eigenvalue weighted by Gasteiger charge is 2.23. The van der Waals surface area contributed by atoms with Crippen LogP contribution < -0.4 is 0 Å². The van der Waals surface area contributed by atoms with Crippen molar-refractivity contribution >= 4 is 33.2 Å². The third-order valence-corrected chi connectivity index (χ3v) is 4.76. The van der Waals surface area contributed by atoms with E-state index < -0.39 is 0 Å². The Hall–Kier alpha value is -0.350. The van der Waals surface area contributed by atoms with E-state index in [1.165, 1.54) is 19.3 Å². The number of rotatable bonds is 2. The van der Waals surface area contributed by atoms with Crippen LogP contribution in [0.5, 0.6) is 0 Å². The SMILES string of the molecule is CN(C(=O)c1csc(Br)c1)C1CCCCC1. The molecule has 1 aliphatic carbocycles. The van der Waals surface area contributed by atoms with Gasteiger partial charge in [-0.25, -0.2) is 0 Å². The summed E-state index contributed by atoms with van der Waals surface area (Å²) >= 11 is 4.96. The Kier molecular flexibility index (Phi) is 4.03. The third-order valence-electron chi connectivity index (χ3n) is 3.26. The van der Waals surface area contributed by atoms with Crippen LogP contribution in [0.2, 0.25) is 0 Å². The van der Waals surface area contributed by atoms with Crippen molar-refractivity contribution in [3.8, 4) is 0 Å². The van der Waals surface area contributed by atoms with E-state index >= 15 is 0 Å². The van der Waals surface area contributed by atoms with Gasteiger partial charge in [-0.3, -0.25) is 4.79 Å². The first-order valence-corrected chi connectivity index (χ1v) is 7.37. The molecule has 0 spiro atoms. The summed E-state index contributed by atoms with van der Waals surface area (Å²) < 4.78 is 1.02. The molecule has 1 aromatic heterocycles. The summed E-state index contributed by atoms with van der Waals surface area (Å²) in [5, 5.41) is 1.92. The summed E-state index contributed by atoms with van der Waals surface area (Å²) in [6, 6.07) is 2.35. The van der Waals surface area contributed by atoms with Gasteiger partial charge in [0.25, 0.3) is 5.91 Å². The lowest BCUT2D eigenvalue weighted by Gasteiger charge is -2.31. The Bertz CT molecular complexity index is 371. The summed E-state index contributed by atoms with van der Waals surface area (Å²) in [7, 11) is 1.93. The lowest BCUT2D eigenvalue weighted by atomic mass is 9.94. The highest BCUT2D eigenvalue weighted by atomic mass is 79.9. The molecule has 0 atom stereocenters. The summed E-state index contributed by atoms with van der Waals surface area (Å²) in [6.45, 7) is 0. The Morgan fingerprint density at radius 2 is 2.12 bits per heavy atom. The van der Waals surface area contributed by atoms with Crippen LogP contribution >= 0.6 is 27.3 Å². The van der Waals surface area contributed by atoms with E-state index in [2.05, 4.69) is 15.9 Å². The van der Waals surface area contributed by atoms with Gasteiger partial charge in [-0.1, -0.05) is 19.3 Å². The van der Waals surface area contributed by atoms with Gasteiger partial charge in [0.2, 0.25) is 0 Å². The van der Waals surface area contributed by atoms with E-state index in [1.54, 1.807) is 11.3 Å². The third kappa shape index (κ3) is 2.66. The van der Waals surface area contributed by atoms with Crippen molar-refractivity contribution in [2.45, 2.75) is 38.1 Å². The molecule has 2 rings (SSSR count). The molecule has 0 saturated heterocycles. The van der Waals surface area contributed by atoms with Gasteiger partial charge in [0.05, 0.1) is 9.35 Å². The Morgan fingerprint density at radius 3 is 2.69 bits per heavy atom. The molecule has 0 aromatic carbocycles. The lowest BCUT2D eigenvalue weighted by molar-refractivity contribution is 0.0697. The summed E-state index contributed by atoms with van der Waals surface area (Å²) in [5.74, 6) is 0.161. The van der Waals surface area contributed by atoms with Crippen molar-refractivity contribution in [3.63, 3.8) is 0 Å². The zero-order chi connectivity index (χ0) is 11.5. The molecule has 1 amide bonds. The Morgan fingerprint density at radius 1 is 1.44 bits per heavy atom. The van der Waals surface area contributed by atoms with E-state index in [9.17, 15) is 4.79 Å². The fraction of sp³-hybridized carbons (Fsp3) is 0.583.